The molecule has 23 heavy (non-hydrogen) atoms. The smallest absolute Gasteiger partial charge is 0.216 e. The summed E-state index contributed by atoms with van der Waals surface area (Å²) in [6.07, 6.45) is 0. The number of sulfonamides is 1. The van der Waals surface area contributed by atoms with Gasteiger partial charge in [0.2, 0.25) is 10.0 Å². The molecule has 6 nitrogen and oxygen atoms in total. The predicted molar refractivity (Wildman–Crippen MR) is 90.1 cm³/mol. The van der Waals surface area contributed by atoms with E-state index < -0.39 is 10.0 Å². The van der Waals surface area contributed by atoms with Gasteiger partial charge < -0.3 is 9.47 Å². The highest BCUT2D eigenvalue weighted by molar-refractivity contribution is 7.89. The Labute approximate surface area is 139 Å². The first-order valence-corrected chi connectivity index (χ1v) is 9.57. The average Bonchev–Trinajstić information content (AvgIpc) is 2.56. The van der Waals surface area contributed by atoms with Gasteiger partial charge in [0.15, 0.2) is 0 Å². The van der Waals surface area contributed by atoms with E-state index in [1.165, 1.54) is 7.11 Å². The Morgan fingerprint density at radius 1 is 1.13 bits per heavy atom. The summed E-state index contributed by atoms with van der Waals surface area (Å²) in [7, 11) is -1.68. The number of hydrogen-bond acceptors (Lipinski definition) is 5. The highest BCUT2D eigenvalue weighted by Crippen LogP contribution is 2.21. The molecule has 0 aliphatic carbocycles. The van der Waals surface area contributed by atoms with Gasteiger partial charge in [-0.25, -0.2) is 8.42 Å². The molecule has 0 saturated carbocycles. The van der Waals surface area contributed by atoms with E-state index in [1.807, 2.05) is 25.1 Å². The van der Waals surface area contributed by atoms with Crippen molar-refractivity contribution in [3.8, 4) is 5.75 Å². The Balaban J connectivity index is 1.90. The second-order valence-corrected chi connectivity index (χ2v) is 7.61. The van der Waals surface area contributed by atoms with Gasteiger partial charge in [0.05, 0.1) is 19.0 Å². The molecular weight excluding hydrogens is 316 g/mol. The van der Waals surface area contributed by atoms with E-state index in [1.54, 1.807) is 4.31 Å². The van der Waals surface area contributed by atoms with Gasteiger partial charge in [0, 0.05) is 45.4 Å². The molecule has 0 atom stereocenters. The number of benzene rings is 1. The quantitative estimate of drug-likeness (QED) is 0.710. The monoisotopic (exact) mass is 342 g/mol. The van der Waals surface area contributed by atoms with Crippen molar-refractivity contribution in [2.75, 3.05) is 52.3 Å². The van der Waals surface area contributed by atoms with E-state index in [0.29, 0.717) is 19.7 Å². The normalized spacial score (nSPS) is 17.3. The second kappa shape index (κ2) is 8.63. The second-order valence-electron chi connectivity index (χ2n) is 5.52. The Kier molecular flexibility index (Phi) is 6.83. The molecule has 0 aromatic heterocycles. The first kappa shape index (κ1) is 18.2. The number of piperazine rings is 1. The fraction of sp³-hybridized carbons (Fsp3) is 0.625. The predicted octanol–water partition coefficient (Wildman–Crippen LogP) is 1.18. The first-order chi connectivity index (χ1) is 11.1. The minimum absolute atomic E-state index is 0.0523. The van der Waals surface area contributed by atoms with Gasteiger partial charge in [-0.2, -0.15) is 4.31 Å². The average molecular weight is 342 g/mol. The maximum Gasteiger partial charge on any atom is 0.216 e. The Morgan fingerprint density at radius 3 is 2.48 bits per heavy atom. The molecular formula is C16H26N2O4S. The van der Waals surface area contributed by atoms with Crippen molar-refractivity contribution in [3.63, 3.8) is 0 Å². The molecule has 7 heteroatoms. The summed E-state index contributed by atoms with van der Waals surface area (Å²) in [6, 6.07) is 8.01. The molecule has 1 heterocycles. The molecule has 130 valence electrons. The third-order valence-electron chi connectivity index (χ3n) is 3.94. The zero-order valence-electron chi connectivity index (χ0n) is 13.9. The molecule has 1 aliphatic heterocycles. The van der Waals surface area contributed by atoms with Crippen LogP contribution >= 0.6 is 0 Å². The van der Waals surface area contributed by atoms with Crippen molar-refractivity contribution in [2.24, 2.45) is 0 Å². The zero-order valence-corrected chi connectivity index (χ0v) is 14.7. The van der Waals surface area contributed by atoms with Gasteiger partial charge in [-0.3, -0.25) is 4.90 Å². The summed E-state index contributed by atoms with van der Waals surface area (Å²) in [5.41, 5.74) is 1.14. The molecule has 0 amide bonds. The van der Waals surface area contributed by atoms with Crippen LogP contribution in [-0.2, 0) is 21.3 Å². The topological polar surface area (TPSA) is 59.1 Å². The molecule has 1 aromatic rings. The van der Waals surface area contributed by atoms with E-state index >= 15 is 0 Å². The maximum atomic E-state index is 12.2. The lowest BCUT2D eigenvalue weighted by Gasteiger charge is -2.34. The molecule has 1 saturated heterocycles. The fourth-order valence-electron chi connectivity index (χ4n) is 2.66. The third kappa shape index (κ3) is 5.17. The van der Waals surface area contributed by atoms with Crippen molar-refractivity contribution in [1.82, 2.24) is 9.21 Å². The maximum absolute atomic E-state index is 12.2. The van der Waals surface area contributed by atoms with Gasteiger partial charge in [0.1, 0.15) is 5.75 Å². The van der Waals surface area contributed by atoms with E-state index in [2.05, 4.69) is 11.0 Å². The van der Waals surface area contributed by atoms with Crippen molar-refractivity contribution in [2.45, 2.75) is 13.5 Å². The van der Waals surface area contributed by atoms with Crippen LogP contribution in [0.25, 0.3) is 0 Å². The van der Waals surface area contributed by atoms with Gasteiger partial charge in [0.25, 0.3) is 0 Å². The molecule has 0 spiro atoms. The molecule has 0 unspecified atom stereocenters. The third-order valence-corrected chi connectivity index (χ3v) is 5.77. The Bertz CT molecular complexity index is 583. The van der Waals surface area contributed by atoms with Crippen molar-refractivity contribution in [3.05, 3.63) is 29.8 Å². The van der Waals surface area contributed by atoms with E-state index in [0.717, 1.165) is 30.9 Å². The van der Waals surface area contributed by atoms with Crippen LogP contribution in [0.1, 0.15) is 12.5 Å². The molecule has 0 bridgehead atoms. The minimum atomic E-state index is -3.20. The molecule has 1 aromatic carbocycles. The summed E-state index contributed by atoms with van der Waals surface area (Å²) >= 11 is 0. The molecule has 0 N–H and O–H groups in total. The summed E-state index contributed by atoms with van der Waals surface area (Å²) in [5, 5.41) is 0. The summed E-state index contributed by atoms with van der Waals surface area (Å²) < 4.78 is 36.4. The van der Waals surface area contributed by atoms with Crippen molar-refractivity contribution >= 4 is 10.0 Å². The zero-order chi connectivity index (χ0) is 16.7. The number of rotatable bonds is 8. The first-order valence-electron chi connectivity index (χ1n) is 7.96. The number of methoxy groups -OCH3 is 1. The SMILES string of the molecule is CCOc1ccccc1CN1CCN(S(=O)(=O)CCOC)CC1. The van der Waals surface area contributed by atoms with Crippen LogP contribution in [0.3, 0.4) is 0 Å². The molecule has 2 rings (SSSR count). The van der Waals surface area contributed by atoms with Crippen LogP contribution in [0.4, 0.5) is 0 Å². The fourth-order valence-corrected chi connectivity index (χ4v) is 4.01. The molecule has 1 aliphatic rings. The van der Waals surface area contributed by atoms with Crippen LogP contribution in [0.15, 0.2) is 24.3 Å². The lowest BCUT2D eigenvalue weighted by atomic mass is 10.2. The van der Waals surface area contributed by atoms with Gasteiger partial charge in [-0.05, 0) is 13.0 Å². The van der Waals surface area contributed by atoms with Gasteiger partial charge >= 0.3 is 0 Å². The molecule has 0 radical (unpaired) electrons. The molecule has 1 fully saturated rings. The lowest BCUT2D eigenvalue weighted by molar-refractivity contribution is 0.176. The van der Waals surface area contributed by atoms with Crippen LogP contribution in [0.2, 0.25) is 0 Å². The summed E-state index contributed by atoms with van der Waals surface area (Å²) in [6.45, 7) is 6.15. The summed E-state index contributed by atoms with van der Waals surface area (Å²) in [4.78, 5) is 2.26. The van der Waals surface area contributed by atoms with Crippen LogP contribution in [0.5, 0.6) is 5.75 Å². The minimum Gasteiger partial charge on any atom is -0.494 e. The lowest BCUT2D eigenvalue weighted by Crippen LogP contribution is -2.49. The Morgan fingerprint density at radius 2 is 1.83 bits per heavy atom. The summed E-state index contributed by atoms with van der Waals surface area (Å²) in [5.74, 6) is 0.960. The largest absolute Gasteiger partial charge is 0.494 e. The standard InChI is InChI=1S/C16H26N2O4S/c1-3-22-16-7-5-4-6-15(16)14-17-8-10-18(11-9-17)23(19,20)13-12-21-2/h4-7H,3,8-14H2,1-2H3. The number of nitrogens with zero attached hydrogens (tertiary/aromatic N) is 2. The van der Waals surface area contributed by atoms with Gasteiger partial charge in [-0.15, -0.1) is 0 Å². The van der Waals surface area contributed by atoms with Crippen LogP contribution in [0, 0.1) is 0 Å². The van der Waals surface area contributed by atoms with Gasteiger partial charge in [-0.1, -0.05) is 18.2 Å². The van der Waals surface area contributed by atoms with Crippen molar-refractivity contribution in [1.29, 1.82) is 0 Å². The number of para-hydroxylation sites is 1. The van der Waals surface area contributed by atoms with E-state index in [4.69, 9.17) is 9.47 Å². The Hall–Kier alpha value is -1.15. The highest BCUT2D eigenvalue weighted by atomic mass is 32.2. The highest BCUT2D eigenvalue weighted by Gasteiger charge is 2.26. The number of hydrogen-bond donors (Lipinski definition) is 0. The van der Waals surface area contributed by atoms with Crippen LogP contribution < -0.4 is 4.74 Å². The van der Waals surface area contributed by atoms with E-state index in [9.17, 15) is 8.42 Å². The van der Waals surface area contributed by atoms with E-state index in [-0.39, 0.29) is 12.4 Å². The number of ether oxygens (including phenoxy) is 2. The van der Waals surface area contributed by atoms with Crippen molar-refractivity contribution < 1.29 is 17.9 Å². The van der Waals surface area contributed by atoms with Crippen LogP contribution in [-0.4, -0.2) is 69.9 Å².